The van der Waals surface area contributed by atoms with Crippen molar-refractivity contribution in [1.82, 2.24) is 9.88 Å². The molecular weight excluding hydrogens is 326 g/mol. The fourth-order valence-electron chi connectivity index (χ4n) is 3.09. The maximum absolute atomic E-state index is 12.5. The molecule has 0 saturated carbocycles. The summed E-state index contributed by atoms with van der Waals surface area (Å²) in [6.07, 6.45) is 1.96. The number of rotatable bonds is 4. The van der Waals surface area contributed by atoms with Crippen LogP contribution in [0.25, 0.3) is 0 Å². The van der Waals surface area contributed by atoms with Crippen molar-refractivity contribution in [3.05, 3.63) is 59.9 Å². The maximum Gasteiger partial charge on any atom is 0.229 e. The fourth-order valence-corrected chi connectivity index (χ4v) is 3.09. The number of nitrogens with zero attached hydrogens (tertiary/aromatic N) is 2. The van der Waals surface area contributed by atoms with Gasteiger partial charge < -0.3 is 10.2 Å². The molecule has 1 aliphatic heterocycles. The number of likely N-dealkylation sites (tertiary alicyclic amines) is 1. The van der Waals surface area contributed by atoms with Gasteiger partial charge in [0.2, 0.25) is 11.8 Å². The van der Waals surface area contributed by atoms with Crippen LogP contribution in [0.15, 0.2) is 48.7 Å². The Hall–Kier alpha value is -2.69. The molecule has 1 unspecified atom stereocenters. The smallest absolute Gasteiger partial charge is 0.229 e. The Labute approximate surface area is 154 Å². The lowest BCUT2D eigenvalue weighted by molar-refractivity contribution is -0.128. The van der Waals surface area contributed by atoms with E-state index < -0.39 is 0 Å². The van der Waals surface area contributed by atoms with Crippen LogP contribution in [0.3, 0.4) is 0 Å². The third-order valence-corrected chi connectivity index (χ3v) is 4.68. The summed E-state index contributed by atoms with van der Waals surface area (Å²) in [7, 11) is 0. The molecular formula is C21H25N3O2. The Morgan fingerprint density at radius 1 is 1.19 bits per heavy atom. The molecule has 2 heterocycles. The number of amides is 2. The average Bonchev–Trinajstić information content (AvgIpc) is 2.96. The normalized spacial score (nSPS) is 17.4. The number of aromatic nitrogens is 1. The van der Waals surface area contributed by atoms with Gasteiger partial charge in [-0.25, -0.2) is 0 Å². The summed E-state index contributed by atoms with van der Waals surface area (Å²) >= 11 is 0. The monoisotopic (exact) mass is 351 g/mol. The lowest BCUT2D eigenvalue weighted by atomic mass is 9.87. The van der Waals surface area contributed by atoms with E-state index in [0.717, 1.165) is 11.4 Å². The van der Waals surface area contributed by atoms with Crippen LogP contribution in [0.1, 0.15) is 38.4 Å². The van der Waals surface area contributed by atoms with Crippen LogP contribution in [0, 0.1) is 5.92 Å². The summed E-state index contributed by atoms with van der Waals surface area (Å²) in [5, 5.41) is 2.93. The summed E-state index contributed by atoms with van der Waals surface area (Å²) in [4.78, 5) is 30.7. The van der Waals surface area contributed by atoms with E-state index in [4.69, 9.17) is 0 Å². The molecule has 1 atom stereocenters. The van der Waals surface area contributed by atoms with Crippen LogP contribution < -0.4 is 5.32 Å². The largest absolute Gasteiger partial charge is 0.336 e. The summed E-state index contributed by atoms with van der Waals surface area (Å²) in [6.45, 7) is 7.34. The van der Waals surface area contributed by atoms with Crippen molar-refractivity contribution >= 4 is 17.5 Å². The third-order valence-electron chi connectivity index (χ3n) is 4.68. The molecule has 2 amide bonds. The van der Waals surface area contributed by atoms with E-state index in [9.17, 15) is 9.59 Å². The van der Waals surface area contributed by atoms with E-state index in [1.165, 1.54) is 5.56 Å². The topological polar surface area (TPSA) is 62.3 Å². The molecule has 5 nitrogen and oxygen atoms in total. The third kappa shape index (κ3) is 4.28. The standard InChI is InChI=1S/C21H25N3O2/c1-21(2,3)16-7-9-17(10-8-16)23-20(26)15-12-19(25)24(13-15)14-18-6-4-5-11-22-18/h4-11,15H,12-14H2,1-3H3,(H,23,26). The minimum Gasteiger partial charge on any atom is -0.336 e. The van der Waals surface area contributed by atoms with Crippen LogP contribution in [-0.4, -0.2) is 28.2 Å². The molecule has 1 N–H and O–H groups in total. The van der Waals surface area contributed by atoms with Gasteiger partial charge in [-0.05, 0) is 35.2 Å². The van der Waals surface area contributed by atoms with Gasteiger partial charge in [0.15, 0.2) is 0 Å². The highest BCUT2D eigenvalue weighted by atomic mass is 16.2. The van der Waals surface area contributed by atoms with Gasteiger partial charge in [-0.2, -0.15) is 0 Å². The molecule has 0 spiro atoms. The zero-order valence-electron chi connectivity index (χ0n) is 15.5. The lowest BCUT2D eigenvalue weighted by Gasteiger charge is -2.19. The predicted octanol–water partition coefficient (Wildman–Crippen LogP) is 3.37. The van der Waals surface area contributed by atoms with Gasteiger partial charge in [0.05, 0.1) is 18.2 Å². The van der Waals surface area contributed by atoms with Crippen molar-refractivity contribution in [2.45, 2.75) is 39.2 Å². The molecule has 26 heavy (non-hydrogen) atoms. The number of pyridine rings is 1. The Bertz CT molecular complexity index is 779. The Morgan fingerprint density at radius 2 is 1.92 bits per heavy atom. The number of hydrogen-bond acceptors (Lipinski definition) is 3. The van der Waals surface area contributed by atoms with E-state index in [-0.39, 0.29) is 29.6 Å². The van der Waals surface area contributed by atoms with E-state index in [2.05, 4.69) is 31.1 Å². The summed E-state index contributed by atoms with van der Waals surface area (Å²) in [5.74, 6) is -0.433. The fraction of sp³-hybridized carbons (Fsp3) is 0.381. The summed E-state index contributed by atoms with van der Waals surface area (Å²) in [6, 6.07) is 13.5. The molecule has 1 aromatic carbocycles. The van der Waals surface area contributed by atoms with Crippen LogP contribution in [0.5, 0.6) is 0 Å². The first-order valence-electron chi connectivity index (χ1n) is 8.92. The number of nitrogens with one attached hydrogen (secondary N) is 1. The molecule has 0 aliphatic carbocycles. The SMILES string of the molecule is CC(C)(C)c1ccc(NC(=O)C2CC(=O)N(Cc3ccccn3)C2)cc1. The van der Waals surface area contributed by atoms with E-state index in [0.29, 0.717) is 13.1 Å². The molecule has 5 heteroatoms. The number of hydrogen-bond donors (Lipinski definition) is 1. The zero-order valence-corrected chi connectivity index (χ0v) is 15.5. The van der Waals surface area contributed by atoms with Crippen molar-refractivity contribution in [2.24, 2.45) is 5.92 Å². The quantitative estimate of drug-likeness (QED) is 0.919. The number of benzene rings is 1. The molecule has 1 aromatic heterocycles. The molecule has 1 aliphatic rings. The van der Waals surface area contributed by atoms with Crippen molar-refractivity contribution in [2.75, 3.05) is 11.9 Å². The van der Waals surface area contributed by atoms with Crippen molar-refractivity contribution in [1.29, 1.82) is 0 Å². The van der Waals surface area contributed by atoms with Crippen molar-refractivity contribution in [3.8, 4) is 0 Å². The molecule has 1 saturated heterocycles. The highest BCUT2D eigenvalue weighted by molar-refractivity contribution is 5.97. The minimum atomic E-state index is -0.325. The number of carbonyl (C=O) groups excluding carboxylic acids is 2. The van der Waals surface area contributed by atoms with Gasteiger partial charge in [0, 0.05) is 24.8 Å². The second kappa shape index (κ2) is 7.28. The average molecular weight is 351 g/mol. The van der Waals surface area contributed by atoms with Gasteiger partial charge in [0.25, 0.3) is 0 Å². The molecule has 136 valence electrons. The highest BCUT2D eigenvalue weighted by Gasteiger charge is 2.34. The van der Waals surface area contributed by atoms with Crippen molar-refractivity contribution < 1.29 is 9.59 Å². The van der Waals surface area contributed by atoms with Gasteiger partial charge in [-0.1, -0.05) is 39.0 Å². The lowest BCUT2D eigenvalue weighted by Crippen LogP contribution is -2.28. The van der Waals surface area contributed by atoms with Gasteiger partial charge in [0.1, 0.15) is 0 Å². The molecule has 0 radical (unpaired) electrons. The van der Waals surface area contributed by atoms with Crippen LogP contribution in [0.2, 0.25) is 0 Å². The Morgan fingerprint density at radius 3 is 2.54 bits per heavy atom. The first-order valence-corrected chi connectivity index (χ1v) is 8.92. The second-order valence-corrected chi connectivity index (χ2v) is 7.81. The van der Waals surface area contributed by atoms with Crippen LogP contribution in [-0.2, 0) is 21.5 Å². The highest BCUT2D eigenvalue weighted by Crippen LogP contribution is 2.25. The number of carbonyl (C=O) groups is 2. The minimum absolute atomic E-state index is 0.00103. The van der Waals surface area contributed by atoms with Crippen LogP contribution >= 0.6 is 0 Å². The summed E-state index contributed by atoms with van der Waals surface area (Å²) < 4.78 is 0. The van der Waals surface area contributed by atoms with E-state index >= 15 is 0 Å². The van der Waals surface area contributed by atoms with Gasteiger partial charge >= 0.3 is 0 Å². The molecule has 0 bridgehead atoms. The summed E-state index contributed by atoms with van der Waals surface area (Å²) in [5.41, 5.74) is 2.89. The van der Waals surface area contributed by atoms with E-state index in [1.807, 2.05) is 42.5 Å². The van der Waals surface area contributed by atoms with Crippen LogP contribution in [0.4, 0.5) is 5.69 Å². The van der Waals surface area contributed by atoms with E-state index in [1.54, 1.807) is 11.1 Å². The molecule has 2 aromatic rings. The van der Waals surface area contributed by atoms with Gasteiger partial charge in [-0.3, -0.25) is 14.6 Å². The van der Waals surface area contributed by atoms with Gasteiger partial charge in [-0.15, -0.1) is 0 Å². The molecule has 1 fully saturated rings. The second-order valence-electron chi connectivity index (χ2n) is 7.81. The molecule has 3 rings (SSSR count). The van der Waals surface area contributed by atoms with Crippen molar-refractivity contribution in [3.63, 3.8) is 0 Å². The first-order chi connectivity index (χ1) is 12.3. The Kier molecular flexibility index (Phi) is 5.07. The number of anilines is 1. The first kappa shape index (κ1) is 18.1. The maximum atomic E-state index is 12.5. The Balaban J connectivity index is 1.59. The predicted molar refractivity (Wildman–Crippen MR) is 102 cm³/mol. The zero-order chi connectivity index (χ0) is 18.7.